The molecule has 1 unspecified atom stereocenters. The van der Waals surface area contributed by atoms with Crippen LogP contribution in [0.1, 0.15) is 36.4 Å². The van der Waals surface area contributed by atoms with Crippen LogP contribution in [0, 0.1) is 0 Å². The Balaban J connectivity index is 1.55. The molecule has 0 N–H and O–H groups in total. The van der Waals surface area contributed by atoms with Gasteiger partial charge in [-0.2, -0.15) is 0 Å². The highest BCUT2D eigenvalue weighted by atomic mass is 16.2. The highest BCUT2D eigenvalue weighted by Crippen LogP contribution is 2.33. The predicted molar refractivity (Wildman–Crippen MR) is 95.0 cm³/mol. The van der Waals surface area contributed by atoms with Gasteiger partial charge in [0.1, 0.15) is 6.54 Å². The maximum atomic E-state index is 13.0. The summed E-state index contributed by atoms with van der Waals surface area (Å²) >= 11 is 0. The van der Waals surface area contributed by atoms with Gasteiger partial charge in [-0.3, -0.25) is 14.6 Å². The lowest BCUT2D eigenvalue weighted by Crippen LogP contribution is -2.44. The Morgan fingerprint density at radius 2 is 2.04 bits per heavy atom. The molecule has 0 spiro atoms. The normalized spacial score (nSPS) is 19.8. The van der Waals surface area contributed by atoms with Crippen molar-refractivity contribution in [3.05, 3.63) is 59.9 Å². The van der Waals surface area contributed by atoms with Crippen molar-refractivity contribution in [2.24, 2.45) is 0 Å². The molecule has 0 bridgehead atoms. The van der Waals surface area contributed by atoms with Crippen LogP contribution >= 0.6 is 0 Å². The Morgan fingerprint density at radius 1 is 1.16 bits per heavy atom. The summed E-state index contributed by atoms with van der Waals surface area (Å²) in [5.74, 6) is 0.0422. The highest BCUT2D eigenvalue weighted by Gasteiger charge is 2.33. The number of rotatable bonds is 3. The number of nitrogens with zero attached hydrogens (tertiary/aromatic N) is 3. The topological polar surface area (TPSA) is 53.5 Å². The van der Waals surface area contributed by atoms with E-state index in [-0.39, 0.29) is 24.4 Å². The molecule has 2 aromatic rings. The first-order valence-electron chi connectivity index (χ1n) is 8.82. The lowest BCUT2D eigenvalue weighted by molar-refractivity contribution is -0.132. The van der Waals surface area contributed by atoms with E-state index in [1.807, 2.05) is 47.5 Å². The van der Waals surface area contributed by atoms with Crippen LogP contribution in [0.3, 0.4) is 0 Å². The Labute approximate surface area is 147 Å². The van der Waals surface area contributed by atoms with Crippen LogP contribution < -0.4 is 4.90 Å². The second-order valence-corrected chi connectivity index (χ2v) is 6.64. The van der Waals surface area contributed by atoms with Gasteiger partial charge in [-0.15, -0.1) is 0 Å². The zero-order valence-electron chi connectivity index (χ0n) is 14.1. The van der Waals surface area contributed by atoms with Gasteiger partial charge in [0.05, 0.1) is 6.04 Å². The van der Waals surface area contributed by atoms with Crippen molar-refractivity contribution in [2.45, 2.75) is 31.7 Å². The number of benzene rings is 1. The van der Waals surface area contributed by atoms with Crippen molar-refractivity contribution in [3.63, 3.8) is 0 Å². The molecule has 0 saturated carbocycles. The molecule has 1 atom stereocenters. The van der Waals surface area contributed by atoms with Crippen LogP contribution in [0.2, 0.25) is 0 Å². The maximum Gasteiger partial charge on any atom is 0.243 e. The lowest BCUT2D eigenvalue weighted by Gasteiger charge is -2.32. The van der Waals surface area contributed by atoms with Crippen molar-refractivity contribution in [3.8, 4) is 0 Å². The van der Waals surface area contributed by atoms with E-state index < -0.39 is 0 Å². The fourth-order valence-corrected chi connectivity index (χ4v) is 3.88. The Kier molecular flexibility index (Phi) is 4.22. The van der Waals surface area contributed by atoms with Crippen molar-refractivity contribution in [2.75, 3.05) is 18.0 Å². The molecule has 25 heavy (non-hydrogen) atoms. The number of aryl methyl sites for hydroxylation is 1. The molecule has 3 heterocycles. The summed E-state index contributed by atoms with van der Waals surface area (Å²) < 4.78 is 0. The summed E-state index contributed by atoms with van der Waals surface area (Å²) in [6, 6.07) is 11.9. The zero-order chi connectivity index (χ0) is 17.2. The SMILES string of the molecule is O=C1CCc2ccccc2N1CC(=O)N1CCCC1c1cccnc1. The number of fused-ring (bicyclic) bond motifs is 1. The van der Waals surface area contributed by atoms with Crippen LogP contribution in [-0.2, 0) is 16.0 Å². The number of amides is 2. The number of carbonyl (C=O) groups excluding carboxylic acids is 2. The third-order valence-electron chi connectivity index (χ3n) is 5.13. The fraction of sp³-hybridized carbons (Fsp3) is 0.350. The number of carbonyl (C=O) groups is 2. The summed E-state index contributed by atoms with van der Waals surface area (Å²) in [7, 11) is 0. The maximum absolute atomic E-state index is 13.0. The number of pyridine rings is 1. The van der Waals surface area contributed by atoms with Crippen molar-refractivity contribution >= 4 is 17.5 Å². The minimum Gasteiger partial charge on any atom is -0.334 e. The molecule has 1 aromatic carbocycles. The number of likely N-dealkylation sites (tertiary alicyclic amines) is 1. The average Bonchev–Trinajstić information content (AvgIpc) is 3.15. The first kappa shape index (κ1) is 15.8. The second-order valence-electron chi connectivity index (χ2n) is 6.64. The van der Waals surface area contributed by atoms with Crippen LogP contribution in [0.5, 0.6) is 0 Å². The van der Waals surface area contributed by atoms with Gasteiger partial charge in [-0.05, 0) is 42.5 Å². The molecule has 4 rings (SSSR count). The number of hydrogen-bond donors (Lipinski definition) is 0. The summed E-state index contributed by atoms with van der Waals surface area (Å²) in [4.78, 5) is 33.1. The molecule has 2 aliphatic heterocycles. The summed E-state index contributed by atoms with van der Waals surface area (Å²) in [6.45, 7) is 0.856. The molecule has 2 amide bonds. The van der Waals surface area contributed by atoms with Crippen molar-refractivity contribution in [1.29, 1.82) is 0 Å². The number of anilines is 1. The minimum absolute atomic E-state index is 0.0106. The number of para-hydroxylation sites is 1. The van der Waals surface area contributed by atoms with E-state index in [1.54, 1.807) is 11.1 Å². The molecule has 0 radical (unpaired) electrons. The molecule has 1 aromatic heterocycles. The smallest absolute Gasteiger partial charge is 0.243 e. The van der Waals surface area contributed by atoms with E-state index in [0.717, 1.165) is 42.6 Å². The van der Waals surface area contributed by atoms with E-state index in [9.17, 15) is 9.59 Å². The second kappa shape index (κ2) is 6.67. The van der Waals surface area contributed by atoms with E-state index in [1.165, 1.54) is 0 Å². The van der Waals surface area contributed by atoms with Crippen LogP contribution in [0.15, 0.2) is 48.8 Å². The predicted octanol–water partition coefficient (Wildman–Crippen LogP) is 2.72. The van der Waals surface area contributed by atoms with Gasteiger partial charge >= 0.3 is 0 Å². The van der Waals surface area contributed by atoms with Crippen LogP contribution in [-0.4, -0.2) is 34.8 Å². The quantitative estimate of drug-likeness (QED) is 0.867. The van der Waals surface area contributed by atoms with E-state index in [0.29, 0.717) is 6.42 Å². The molecule has 128 valence electrons. The van der Waals surface area contributed by atoms with E-state index >= 15 is 0 Å². The summed E-state index contributed by atoms with van der Waals surface area (Å²) in [5, 5.41) is 0. The summed E-state index contributed by atoms with van der Waals surface area (Å²) in [6.07, 6.45) is 6.72. The van der Waals surface area contributed by atoms with Gasteiger partial charge in [0.2, 0.25) is 11.8 Å². The van der Waals surface area contributed by atoms with Gasteiger partial charge in [0, 0.05) is 31.0 Å². The third kappa shape index (κ3) is 3.02. The van der Waals surface area contributed by atoms with Gasteiger partial charge < -0.3 is 9.80 Å². The van der Waals surface area contributed by atoms with E-state index in [4.69, 9.17) is 0 Å². The van der Waals surface area contributed by atoms with Gasteiger partial charge in [-0.25, -0.2) is 0 Å². The standard InChI is InChI=1S/C20H21N3O2/c24-19-10-9-15-5-1-2-7-17(15)23(19)14-20(25)22-12-4-8-18(22)16-6-3-11-21-13-16/h1-3,5-7,11,13,18H,4,8-10,12,14H2. The monoisotopic (exact) mass is 335 g/mol. The first-order valence-corrected chi connectivity index (χ1v) is 8.82. The molecular formula is C20H21N3O2. The fourth-order valence-electron chi connectivity index (χ4n) is 3.88. The third-order valence-corrected chi connectivity index (χ3v) is 5.13. The molecular weight excluding hydrogens is 314 g/mol. The minimum atomic E-state index is 0.0106. The number of hydrogen-bond acceptors (Lipinski definition) is 3. The van der Waals surface area contributed by atoms with Gasteiger partial charge in [-0.1, -0.05) is 24.3 Å². The molecule has 1 fully saturated rings. The van der Waals surface area contributed by atoms with Crippen molar-refractivity contribution in [1.82, 2.24) is 9.88 Å². The Bertz CT molecular complexity index is 791. The van der Waals surface area contributed by atoms with Crippen LogP contribution in [0.25, 0.3) is 0 Å². The van der Waals surface area contributed by atoms with Gasteiger partial charge in [0.15, 0.2) is 0 Å². The highest BCUT2D eigenvalue weighted by molar-refractivity contribution is 6.01. The Hall–Kier alpha value is -2.69. The molecule has 0 aliphatic carbocycles. The zero-order valence-corrected chi connectivity index (χ0v) is 14.1. The average molecular weight is 335 g/mol. The van der Waals surface area contributed by atoms with Gasteiger partial charge in [0.25, 0.3) is 0 Å². The molecule has 1 saturated heterocycles. The van der Waals surface area contributed by atoms with E-state index in [2.05, 4.69) is 4.98 Å². The molecule has 5 heteroatoms. The van der Waals surface area contributed by atoms with Crippen LogP contribution in [0.4, 0.5) is 5.69 Å². The summed E-state index contributed by atoms with van der Waals surface area (Å²) in [5.41, 5.74) is 3.09. The first-order chi connectivity index (χ1) is 12.2. The van der Waals surface area contributed by atoms with Crippen molar-refractivity contribution < 1.29 is 9.59 Å². The molecule has 5 nitrogen and oxygen atoms in total. The largest absolute Gasteiger partial charge is 0.334 e. The lowest BCUT2D eigenvalue weighted by atomic mass is 10.0. The number of aromatic nitrogens is 1. The molecule has 2 aliphatic rings. The Morgan fingerprint density at radius 3 is 2.88 bits per heavy atom.